The Kier molecular flexibility index (Phi) is 6.18. The van der Waals surface area contributed by atoms with E-state index in [-0.39, 0.29) is 16.7 Å². The van der Waals surface area contributed by atoms with Gasteiger partial charge in [-0.3, -0.25) is 9.36 Å². The van der Waals surface area contributed by atoms with Crippen molar-refractivity contribution in [3.05, 3.63) is 0 Å². The van der Waals surface area contributed by atoms with Crippen LogP contribution in [0, 0.1) is 0 Å². The summed E-state index contributed by atoms with van der Waals surface area (Å²) in [6.45, 7) is 7.24. The number of hydrogen-bond acceptors (Lipinski definition) is 6. The van der Waals surface area contributed by atoms with Crippen molar-refractivity contribution in [3.63, 3.8) is 0 Å². The van der Waals surface area contributed by atoms with Crippen molar-refractivity contribution in [2.24, 2.45) is 0 Å². The molecule has 0 aromatic carbocycles. The minimum absolute atomic E-state index is 0.0851. The number of ether oxygens (including phenoxy) is 2. The molecule has 1 fully saturated rings. The van der Waals surface area contributed by atoms with E-state index in [2.05, 4.69) is 0 Å². The molecule has 1 aliphatic rings. The summed E-state index contributed by atoms with van der Waals surface area (Å²) in [4.78, 5) is 10.9. The first-order valence-electron chi connectivity index (χ1n) is 6.03. The Balaban J connectivity index is 2.37. The zero-order chi connectivity index (χ0) is 13.8. The Morgan fingerprint density at radius 3 is 2.72 bits per heavy atom. The smallest absolute Gasteiger partial charge is 0.304 e. The van der Waals surface area contributed by atoms with Crippen LogP contribution in [0.5, 0.6) is 0 Å². The van der Waals surface area contributed by atoms with Crippen LogP contribution in [0.2, 0.25) is 0 Å². The first-order valence-corrected chi connectivity index (χ1v) is 9.23. The van der Waals surface area contributed by atoms with Gasteiger partial charge in [-0.05, 0) is 20.3 Å². The highest BCUT2D eigenvalue weighted by molar-refractivity contribution is 8.00. The van der Waals surface area contributed by atoms with Crippen LogP contribution in [0.25, 0.3) is 0 Å². The molecule has 0 aliphatic carbocycles. The normalized spacial score (nSPS) is 31.0. The second kappa shape index (κ2) is 6.94. The van der Waals surface area contributed by atoms with Crippen LogP contribution in [0.15, 0.2) is 0 Å². The minimum atomic E-state index is -2.51. The number of esters is 1. The molecule has 0 aromatic heterocycles. The number of thioether (sulfide) groups is 1. The Labute approximate surface area is 112 Å². The number of hydrogen-bond donors (Lipinski definition) is 0. The van der Waals surface area contributed by atoms with Gasteiger partial charge in [0, 0.05) is 19.8 Å². The van der Waals surface area contributed by atoms with Crippen molar-refractivity contribution in [1.82, 2.24) is 0 Å². The van der Waals surface area contributed by atoms with Crippen LogP contribution in [-0.4, -0.2) is 42.4 Å². The van der Waals surface area contributed by atoms with Gasteiger partial charge in [-0.15, -0.1) is 11.8 Å². The summed E-state index contributed by atoms with van der Waals surface area (Å²) in [6, 6.07) is 0. The molecule has 1 heterocycles. The number of rotatable bonds is 6. The van der Waals surface area contributed by atoms with E-state index >= 15 is 0 Å². The topological polar surface area (TPSA) is 61.8 Å². The van der Waals surface area contributed by atoms with Crippen molar-refractivity contribution in [2.45, 2.75) is 44.2 Å². The predicted molar refractivity (Wildman–Crippen MR) is 72.1 cm³/mol. The molecule has 4 atom stereocenters. The molecule has 0 N–H and O–H groups in total. The van der Waals surface area contributed by atoms with Crippen molar-refractivity contribution < 1.29 is 23.4 Å². The fourth-order valence-electron chi connectivity index (χ4n) is 1.70. The second-order valence-electron chi connectivity index (χ2n) is 4.33. The summed E-state index contributed by atoms with van der Waals surface area (Å²) in [5.41, 5.74) is -0.0851. The highest BCUT2D eigenvalue weighted by atomic mass is 32.2. The average molecular weight is 296 g/mol. The zero-order valence-corrected chi connectivity index (χ0v) is 13.0. The molecular weight excluding hydrogens is 275 g/mol. The summed E-state index contributed by atoms with van der Waals surface area (Å²) in [5, 5.41) is 0.0993. The van der Waals surface area contributed by atoms with Gasteiger partial charge in [0.2, 0.25) is 6.29 Å². The lowest BCUT2D eigenvalue weighted by Crippen LogP contribution is -2.24. The van der Waals surface area contributed by atoms with E-state index in [0.29, 0.717) is 19.2 Å². The van der Waals surface area contributed by atoms with E-state index in [4.69, 9.17) is 14.0 Å². The van der Waals surface area contributed by atoms with Gasteiger partial charge < -0.3 is 14.0 Å². The zero-order valence-electron chi connectivity index (χ0n) is 11.3. The fourth-order valence-corrected chi connectivity index (χ4v) is 4.40. The number of carbonyl (C=O) groups is 1. The van der Waals surface area contributed by atoms with Crippen LogP contribution in [-0.2, 0) is 23.4 Å². The SMILES string of the molecule is CCOP(C)(=O)CC[C@@H]1OC(OC(C)=O)[C@@H](C)S1. The van der Waals surface area contributed by atoms with Gasteiger partial charge in [0.05, 0.1) is 11.9 Å². The van der Waals surface area contributed by atoms with Crippen molar-refractivity contribution in [1.29, 1.82) is 0 Å². The molecule has 0 bridgehead atoms. The molecule has 0 saturated carbocycles. The van der Waals surface area contributed by atoms with Gasteiger partial charge in [0.1, 0.15) is 5.44 Å². The maximum absolute atomic E-state index is 11.9. The predicted octanol–water partition coefficient (Wildman–Crippen LogP) is 2.69. The monoisotopic (exact) mass is 296 g/mol. The summed E-state index contributed by atoms with van der Waals surface area (Å²) in [6.07, 6.45) is 0.624. The molecule has 1 rings (SSSR count). The van der Waals surface area contributed by atoms with E-state index in [0.717, 1.165) is 0 Å². The van der Waals surface area contributed by atoms with Crippen LogP contribution in [0.3, 0.4) is 0 Å². The summed E-state index contributed by atoms with van der Waals surface area (Å²) in [5.74, 6) is -0.344. The van der Waals surface area contributed by atoms with E-state index in [1.165, 1.54) is 6.92 Å². The van der Waals surface area contributed by atoms with Crippen LogP contribution in [0.1, 0.15) is 27.2 Å². The van der Waals surface area contributed by atoms with Crippen molar-refractivity contribution in [2.75, 3.05) is 19.4 Å². The third kappa shape index (κ3) is 5.31. The maximum atomic E-state index is 11.9. The molecule has 1 aliphatic heterocycles. The lowest BCUT2D eigenvalue weighted by Gasteiger charge is -2.16. The first-order chi connectivity index (χ1) is 8.34. The molecule has 0 radical (unpaired) electrons. The van der Waals surface area contributed by atoms with Crippen LogP contribution >= 0.6 is 19.1 Å². The molecular formula is C11H21O5PS. The van der Waals surface area contributed by atoms with E-state index in [9.17, 15) is 9.36 Å². The molecule has 0 amide bonds. The lowest BCUT2D eigenvalue weighted by atomic mass is 10.4. The van der Waals surface area contributed by atoms with E-state index in [1.54, 1.807) is 18.4 Å². The number of carbonyl (C=O) groups excluding carboxylic acids is 1. The van der Waals surface area contributed by atoms with Gasteiger partial charge in [-0.25, -0.2) is 0 Å². The Bertz CT molecular complexity index is 335. The summed E-state index contributed by atoms with van der Waals surface area (Å²) >= 11 is 1.60. The second-order valence-corrected chi connectivity index (χ2v) is 8.60. The minimum Gasteiger partial charge on any atom is -0.435 e. The maximum Gasteiger partial charge on any atom is 0.304 e. The highest BCUT2D eigenvalue weighted by Crippen LogP contribution is 2.45. The van der Waals surface area contributed by atoms with E-state index < -0.39 is 13.7 Å². The molecule has 2 unspecified atom stereocenters. The summed E-state index contributed by atoms with van der Waals surface area (Å²) in [7, 11) is -2.51. The Hall–Kier alpha value is -0.0300. The van der Waals surface area contributed by atoms with Crippen LogP contribution < -0.4 is 0 Å². The summed E-state index contributed by atoms with van der Waals surface area (Å²) < 4.78 is 27.8. The molecule has 0 aromatic rings. The molecule has 1 saturated heterocycles. The largest absolute Gasteiger partial charge is 0.435 e. The van der Waals surface area contributed by atoms with Gasteiger partial charge in [0.15, 0.2) is 7.37 Å². The third-order valence-corrected chi connectivity index (χ3v) is 5.67. The molecule has 0 spiro atoms. The Morgan fingerprint density at radius 1 is 1.50 bits per heavy atom. The van der Waals surface area contributed by atoms with E-state index in [1.807, 2.05) is 13.8 Å². The fraction of sp³-hybridized carbons (Fsp3) is 0.909. The molecule has 5 nitrogen and oxygen atoms in total. The van der Waals surface area contributed by atoms with Crippen LogP contribution in [0.4, 0.5) is 0 Å². The third-order valence-electron chi connectivity index (χ3n) is 2.49. The lowest BCUT2D eigenvalue weighted by molar-refractivity contribution is -0.174. The average Bonchev–Trinajstić information content (AvgIpc) is 2.56. The van der Waals surface area contributed by atoms with Crippen molar-refractivity contribution >= 4 is 25.1 Å². The quantitative estimate of drug-likeness (QED) is 0.555. The van der Waals surface area contributed by atoms with Gasteiger partial charge in [0.25, 0.3) is 0 Å². The molecule has 18 heavy (non-hydrogen) atoms. The first kappa shape index (κ1) is 16.0. The Morgan fingerprint density at radius 2 is 2.17 bits per heavy atom. The van der Waals surface area contributed by atoms with Gasteiger partial charge in [-0.2, -0.15) is 0 Å². The standard InChI is InChI=1S/C11H21O5PS/c1-5-14-17(4,13)7-6-10-16-11(8(2)18-10)15-9(3)12/h8,10-11H,5-7H2,1-4H3/t8-,10-,11?,17?/m1/s1. The molecule has 106 valence electrons. The van der Waals surface area contributed by atoms with Gasteiger partial charge in [-0.1, -0.05) is 0 Å². The highest BCUT2D eigenvalue weighted by Gasteiger charge is 2.35. The van der Waals surface area contributed by atoms with Gasteiger partial charge >= 0.3 is 5.97 Å². The van der Waals surface area contributed by atoms with Crippen molar-refractivity contribution in [3.8, 4) is 0 Å². The molecule has 7 heteroatoms.